The maximum absolute atomic E-state index is 12.2. The number of hydrogen-bond donors (Lipinski definition) is 1. The van der Waals surface area contributed by atoms with E-state index in [0.717, 1.165) is 11.3 Å². The zero-order valence-corrected chi connectivity index (χ0v) is 13.3. The molecule has 124 valence electrons. The Hall–Kier alpha value is -3.08. The van der Waals surface area contributed by atoms with Crippen molar-refractivity contribution in [3.63, 3.8) is 0 Å². The Labute approximate surface area is 140 Å². The number of hydrogen-bond acceptors (Lipinski definition) is 4. The Kier molecular flexibility index (Phi) is 6.14. The fraction of sp³-hybridized carbons (Fsp3) is 0.158. The maximum Gasteiger partial charge on any atom is 0.341 e. The number of carbonyl (C=O) groups excluding carboxylic acids is 1. The number of ketones is 1. The average molecular weight is 326 g/mol. The highest BCUT2D eigenvalue weighted by molar-refractivity contribution is 6.07. The highest BCUT2D eigenvalue weighted by atomic mass is 16.5. The van der Waals surface area contributed by atoms with Gasteiger partial charge in [0, 0.05) is 11.1 Å². The van der Waals surface area contributed by atoms with Gasteiger partial charge in [0.15, 0.2) is 12.4 Å². The minimum Gasteiger partial charge on any atom is -0.493 e. The minimum atomic E-state index is -1.05. The molecule has 0 spiro atoms. The van der Waals surface area contributed by atoms with Gasteiger partial charge in [0.1, 0.15) is 11.5 Å². The number of ether oxygens (including phenoxy) is 2. The lowest BCUT2D eigenvalue weighted by Gasteiger charge is -2.06. The molecular formula is C19H18O5. The molecule has 5 nitrogen and oxygen atoms in total. The van der Waals surface area contributed by atoms with Gasteiger partial charge in [-0.25, -0.2) is 4.79 Å². The molecular weight excluding hydrogens is 308 g/mol. The quantitative estimate of drug-likeness (QED) is 0.594. The summed E-state index contributed by atoms with van der Waals surface area (Å²) in [5, 5.41) is 8.56. The molecule has 0 bridgehead atoms. The van der Waals surface area contributed by atoms with E-state index in [0.29, 0.717) is 17.9 Å². The molecule has 24 heavy (non-hydrogen) atoms. The van der Waals surface area contributed by atoms with Gasteiger partial charge in [-0.05, 0) is 49.4 Å². The monoisotopic (exact) mass is 326 g/mol. The fourth-order valence-electron chi connectivity index (χ4n) is 2.03. The van der Waals surface area contributed by atoms with Crippen molar-refractivity contribution in [2.45, 2.75) is 6.92 Å². The molecule has 0 aromatic heterocycles. The zero-order chi connectivity index (χ0) is 17.4. The number of para-hydroxylation sites is 1. The summed E-state index contributed by atoms with van der Waals surface area (Å²) in [6.45, 7) is 2.04. The molecule has 0 heterocycles. The molecule has 0 radical (unpaired) electrons. The topological polar surface area (TPSA) is 72.8 Å². The highest BCUT2D eigenvalue weighted by Crippen LogP contribution is 2.20. The van der Waals surface area contributed by atoms with E-state index in [4.69, 9.17) is 14.6 Å². The van der Waals surface area contributed by atoms with Crippen LogP contribution in [0.4, 0.5) is 0 Å². The number of carbonyl (C=O) groups is 2. The first-order chi connectivity index (χ1) is 11.6. The molecule has 2 aromatic carbocycles. The maximum atomic E-state index is 12.2. The van der Waals surface area contributed by atoms with Gasteiger partial charge in [-0.3, -0.25) is 4.79 Å². The number of allylic oxidation sites excluding steroid dienone is 1. The SMILES string of the molecule is CCOc1ccccc1/C=C/C(=O)c1ccc(OCC(=O)O)cc1. The molecule has 2 aromatic rings. The lowest BCUT2D eigenvalue weighted by Crippen LogP contribution is -2.09. The van der Waals surface area contributed by atoms with Gasteiger partial charge in [0.2, 0.25) is 0 Å². The molecule has 0 unspecified atom stereocenters. The van der Waals surface area contributed by atoms with Crippen molar-refractivity contribution in [1.29, 1.82) is 0 Å². The minimum absolute atomic E-state index is 0.161. The summed E-state index contributed by atoms with van der Waals surface area (Å²) in [6, 6.07) is 13.8. The van der Waals surface area contributed by atoms with Crippen LogP contribution in [0.2, 0.25) is 0 Å². The highest BCUT2D eigenvalue weighted by Gasteiger charge is 2.05. The third kappa shape index (κ3) is 4.98. The lowest BCUT2D eigenvalue weighted by atomic mass is 10.1. The van der Waals surface area contributed by atoms with Crippen LogP contribution in [0, 0.1) is 0 Å². The van der Waals surface area contributed by atoms with Crippen LogP contribution in [-0.4, -0.2) is 30.1 Å². The largest absolute Gasteiger partial charge is 0.493 e. The van der Waals surface area contributed by atoms with Crippen LogP contribution in [0.15, 0.2) is 54.6 Å². The normalized spacial score (nSPS) is 10.5. The molecule has 1 N–H and O–H groups in total. The van der Waals surface area contributed by atoms with Crippen molar-refractivity contribution in [2.24, 2.45) is 0 Å². The van der Waals surface area contributed by atoms with Crippen molar-refractivity contribution < 1.29 is 24.2 Å². The van der Waals surface area contributed by atoms with E-state index >= 15 is 0 Å². The summed E-state index contributed by atoms with van der Waals surface area (Å²) < 4.78 is 10.5. The number of aliphatic carboxylic acids is 1. The van der Waals surface area contributed by atoms with Crippen molar-refractivity contribution >= 4 is 17.8 Å². The number of benzene rings is 2. The Morgan fingerprint density at radius 3 is 2.42 bits per heavy atom. The van der Waals surface area contributed by atoms with Gasteiger partial charge in [-0.2, -0.15) is 0 Å². The smallest absolute Gasteiger partial charge is 0.341 e. The summed E-state index contributed by atoms with van der Waals surface area (Å²) >= 11 is 0. The molecule has 0 saturated heterocycles. The van der Waals surface area contributed by atoms with Gasteiger partial charge >= 0.3 is 5.97 Å². The van der Waals surface area contributed by atoms with Gasteiger partial charge < -0.3 is 14.6 Å². The fourth-order valence-corrected chi connectivity index (χ4v) is 2.03. The van der Waals surface area contributed by atoms with Crippen molar-refractivity contribution in [3.8, 4) is 11.5 Å². The van der Waals surface area contributed by atoms with E-state index in [1.807, 2.05) is 31.2 Å². The van der Waals surface area contributed by atoms with Crippen LogP contribution >= 0.6 is 0 Å². The first kappa shape index (κ1) is 17.3. The van der Waals surface area contributed by atoms with Crippen LogP contribution < -0.4 is 9.47 Å². The van der Waals surface area contributed by atoms with E-state index in [2.05, 4.69) is 0 Å². The molecule has 0 fully saturated rings. The number of carboxylic acid groups (broad SMARTS) is 1. The summed E-state index contributed by atoms with van der Waals surface area (Å²) in [4.78, 5) is 22.6. The van der Waals surface area contributed by atoms with E-state index in [1.54, 1.807) is 30.3 Å². The first-order valence-electron chi connectivity index (χ1n) is 7.49. The van der Waals surface area contributed by atoms with Crippen LogP contribution in [0.25, 0.3) is 6.08 Å². The number of rotatable bonds is 8. The Morgan fingerprint density at radius 1 is 1.04 bits per heavy atom. The standard InChI is InChI=1S/C19H18O5/c1-2-23-18-6-4-3-5-15(18)9-12-17(20)14-7-10-16(11-8-14)24-13-19(21)22/h3-12H,2,13H2,1H3,(H,21,22)/b12-9+. The second-order valence-electron chi connectivity index (χ2n) is 4.88. The molecule has 0 saturated carbocycles. The van der Waals surface area contributed by atoms with Gasteiger partial charge in [-0.15, -0.1) is 0 Å². The van der Waals surface area contributed by atoms with Gasteiger partial charge in [0.05, 0.1) is 6.61 Å². The second-order valence-corrected chi connectivity index (χ2v) is 4.88. The Morgan fingerprint density at radius 2 is 1.75 bits per heavy atom. The zero-order valence-electron chi connectivity index (χ0n) is 13.3. The van der Waals surface area contributed by atoms with Crippen LogP contribution in [-0.2, 0) is 4.79 Å². The van der Waals surface area contributed by atoms with Crippen molar-refractivity contribution in [1.82, 2.24) is 0 Å². The van der Waals surface area contributed by atoms with Gasteiger partial charge in [0.25, 0.3) is 0 Å². The van der Waals surface area contributed by atoms with Crippen LogP contribution in [0.5, 0.6) is 11.5 Å². The van der Waals surface area contributed by atoms with Gasteiger partial charge in [-0.1, -0.05) is 18.2 Å². The van der Waals surface area contributed by atoms with Crippen molar-refractivity contribution in [2.75, 3.05) is 13.2 Å². The predicted octanol–water partition coefficient (Wildman–Crippen LogP) is 3.44. The molecule has 5 heteroatoms. The van der Waals surface area contributed by atoms with Crippen molar-refractivity contribution in [3.05, 3.63) is 65.7 Å². The van der Waals surface area contributed by atoms with E-state index in [-0.39, 0.29) is 5.78 Å². The summed E-state index contributed by atoms with van der Waals surface area (Å²) in [5.74, 6) is -0.0850. The summed E-state index contributed by atoms with van der Waals surface area (Å²) in [7, 11) is 0. The lowest BCUT2D eigenvalue weighted by molar-refractivity contribution is -0.139. The second kappa shape index (κ2) is 8.53. The van der Waals surface area contributed by atoms with E-state index < -0.39 is 12.6 Å². The Bertz CT molecular complexity index is 732. The molecule has 0 aliphatic heterocycles. The van der Waals surface area contributed by atoms with E-state index in [9.17, 15) is 9.59 Å². The van der Waals surface area contributed by atoms with E-state index in [1.165, 1.54) is 6.08 Å². The molecule has 0 atom stereocenters. The molecule has 0 aliphatic rings. The average Bonchev–Trinajstić information content (AvgIpc) is 2.59. The number of carboxylic acids is 1. The molecule has 0 aliphatic carbocycles. The first-order valence-corrected chi connectivity index (χ1v) is 7.49. The molecule has 2 rings (SSSR count). The third-order valence-electron chi connectivity index (χ3n) is 3.13. The molecule has 0 amide bonds. The summed E-state index contributed by atoms with van der Waals surface area (Å²) in [5.41, 5.74) is 1.32. The van der Waals surface area contributed by atoms with Crippen LogP contribution in [0.1, 0.15) is 22.8 Å². The third-order valence-corrected chi connectivity index (χ3v) is 3.13. The van der Waals surface area contributed by atoms with Crippen LogP contribution in [0.3, 0.4) is 0 Å². The Balaban J connectivity index is 2.05. The summed E-state index contributed by atoms with van der Waals surface area (Å²) in [6.07, 6.45) is 3.19. The predicted molar refractivity (Wildman–Crippen MR) is 90.5 cm³/mol.